The minimum Gasteiger partial charge on any atom is -0.461 e. The summed E-state index contributed by atoms with van der Waals surface area (Å²) >= 11 is 5.33. The molecule has 152 valence electrons. The SMILES string of the molecule is Cc1ccoc1-c1nnc(SCCCN2C[C@@H]3C[C@@]3(c3ccc(Br)cc3)C2)n1C. The molecule has 2 fully saturated rings. The third-order valence-corrected chi connectivity index (χ3v) is 8.02. The molecule has 29 heavy (non-hydrogen) atoms. The van der Waals surface area contributed by atoms with E-state index in [1.54, 1.807) is 18.0 Å². The van der Waals surface area contributed by atoms with Crippen molar-refractivity contribution < 1.29 is 4.42 Å². The number of aromatic nitrogens is 3. The van der Waals surface area contributed by atoms with Crippen molar-refractivity contribution in [2.45, 2.75) is 30.3 Å². The van der Waals surface area contributed by atoms with E-state index >= 15 is 0 Å². The van der Waals surface area contributed by atoms with Crippen molar-refractivity contribution >= 4 is 27.7 Å². The molecule has 0 amide bonds. The lowest BCUT2D eigenvalue weighted by molar-refractivity contribution is 0.299. The highest BCUT2D eigenvalue weighted by Gasteiger charge is 2.60. The summed E-state index contributed by atoms with van der Waals surface area (Å²) in [6, 6.07) is 10.9. The first kappa shape index (κ1) is 19.4. The highest BCUT2D eigenvalue weighted by molar-refractivity contribution is 9.10. The van der Waals surface area contributed by atoms with Gasteiger partial charge in [0.1, 0.15) is 0 Å². The summed E-state index contributed by atoms with van der Waals surface area (Å²) in [5.74, 6) is 3.50. The van der Waals surface area contributed by atoms with Gasteiger partial charge in [-0.2, -0.15) is 0 Å². The molecule has 2 aliphatic rings. The standard InChI is InChI=1S/C22H25BrN4OS/c1-15-8-10-28-19(15)20-24-25-21(26(20)2)29-11-3-9-27-13-17-12-22(17,14-27)16-4-6-18(23)7-5-16/h4-8,10,17H,3,9,11-14H2,1-2H3/t17-,22-/m0/s1. The number of rotatable bonds is 7. The van der Waals surface area contributed by atoms with Gasteiger partial charge in [-0.05, 0) is 61.6 Å². The molecular formula is C22H25BrN4OS. The fourth-order valence-corrected chi connectivity index (χ4v) is 5.78. The Labute approximate surface area is 184 Å². The Hall–Kier alpha value is -1.57. The second-order valence-corrected chi connectivity index (χ2v) is 10.3. The predicted molar refractivity (Wildman–Crippen MR) is 119 cm³/mol. The maximum Gasteiger partial charge on any atom is 0.200 e. The molecule has 0 N–H and O–H groups in total. The summed E-state index contributed by atoms with van der Waals surface area (Å²) in [5.41, 5.74) is 3.03. The number of piperidine rings is 1. The molecule has 0 radical (unpaired) electrons. The summed E-state index contributed by atoms with van der Waals surface area (Å²) < 4.78 is 8.76. The zero-order valence-electron chi connectivity index (χ0n) is 16.8. The number of likely N-dealkylation sites (tertiary alicyclic amines) is 1. The van der Waals surface area contributed by atoms with E-state index in [0.717, 1.165) is 51.4 Å². The average Bonchev–Trinajstić information content (AvgIpc) is 3.02. The largest absolute Gasteiger partial charge is 0.461 e. The lowest BCUT2D eigenvalue weighted by Crippen LogP contribution is -2.27. The van der Waals surface area contributed by atoms with Crippen LogP contribution in [0.15, 0.2) is 50.6 Å². The smallest absolute Gasteiger partial charge is 0.200 e. The van der Waals surface area contributed by atoms with E-state index in [9.17, 15) is 0 Å². The number of fused-ring (bicyclic) bond motifs is 1. The molecular weight excluding hydrogens is 448 g/mol. The van der Waals surface area contributed by atoms with Gasteiger partial charge in [0.15, 0.2) is 16.7 Å². The van der Waals surface area contributed by atoms with Crippen molar-refractivity contribution in [3.63, 3.8) is 0 Å². The van der Waals surface area contributed by atoms with Gasteiger partial charge in [-0.3, -0.25) is 0 Å². The minimum absolute atomic E-state index is 0.424. The van der Waals surface area contributed by atoms with Crippen LogP contribution in [0.3, 0.4) is 0 Å². The van der Waals surface area contributed by atoms with Gasteiger partial charge in [-0.25, -0.2) is 0 Å². The fourth-order valence-electron chi connectivity index (χ4n) is 4.68. The van der Waals surface area contributed by atoms with Gasteiger partial charge < -0.3 is 13.9 Å². The van der Waals surface area contributed by atoms with Crippen LogP contribution >= 0.6 is 27.7 Å². The van der Waals surface area contributed by atoms with Gasteiger partial charge in [-0.15, -0.1) is 10.2 Å². The van der Waals surface area contributed by atoms with Crippen LogP contribution in [0.2, 0.25) is 0 Å². The first-order valence-electron chi connectivity index (χ1n) is 10.1. The zero-order chi connectivity index (χ0) is 20.0. The minimum atomic E-state index is 0.424. The second-order valence-electron chi connectivity index (χ2n) is 8.30. The van der Waals surface area contributed by atoms with E-state index in [1.807, 2.05) is 24.6 Å². The Kier molecular flexibility index (Phi) is 5.08. The number of hydrogen-bond acceptors (Lipinski definition) is 5. The number of halogens is 1. The maximum atomic E-state index is 5.56. The lowest BCUT2D eigenvalue weighted by Gasteiger charge is -2.21. The van der Waals surface area contributed by atoms with Gasteiger partial charge in [-0.1, -0.05) is 39.8 Å². The number of aryl methyl sites for hydroxylation is 1. The third kappa shape index (κ3) is 3.57. The molecule has 2 aromatic heterocycles. The van der Waals surface area contributed by atoms with Crippen LogP contribution in [-0.4, -0.2) is 45.1 Å². The Morgan fingerprint density at radius 1 is 1.24 bits per heavy atom. The van der Waals surface area contributed by atoms with Gasteiger partial charge in [0.25, 0.3) is 0 Å². The normalized spacial score (nSPS) is 23.5. The molecule has 3 aromatic rings. The van der Waals surface area contributed by atoms with Gasteiger partial charge in [0.05, 0.1) is 6.26 Å². The van der Waals surface area contributed by atoms with E-state index in [2.05, 4.69) is 55.3 Å². The molecule has 7 heteroatoms. The molecule has 1 saturated carbocycles. The zero-order valence-corrected chi connectivity index (χ0v) is 19.2. The Bertz CT molecular complexity index is 1010. The van der Waals surface area contributed by atoms with Crippen molar-refractivity contribution in [3.05, 3.63) is 52.2 Å². The van der Waals surface area contributed by atoms with Crippen LogP contribution in [0.1, 0.15) is 24.0 Å². The summed E-state index contributed by atoms with van der Waals surface area (Å²) in [5, 5.41) is 9.63. The van der Waals surface area contributed by atoms with E-state index in [-0.39, 0.29) is 0 Å². The fraction of sp³-hybridized carbons (Fsp3) is 0.455. The summed E-state index contributed by atoms with van der Waals surface area (Å²) in [6.07, 6.45) is 4.22. The molecule has 0 unspecified atom stereocenters. The molecule has 1 aliphatic carbocycles. The summed E-state index contributed by atoms with van der Waals surface area (Å²) in [4.78, 5) is 2.64. The molecule has 1 aliphatic heterocycles. The van der Waals surface area contributed by atoms with E-state index in [0.29, 0.717) is 5.41 Å². The van der Waals surface area contributed by atoms with Crippen molar-refractivity contribution in [1.82, 2.24) is 19.7 Å². The highest BCUT2D eigenvalue weighted by atomic mass is 79.9. The van der Waals surface area contributed by atoms with E-state index < -0.39 is 0 Å². The highest BCUT2D eigenvalue weighted by Crippen LogP contribution is 2.59. The number of hydrogen-bond donors (Lipinski definition) is 0. The molecule has 5 nitrogen and oxygen atoms in total. The van der Waals surface area contributed by atoms with Crippen LogP contribution in [0, 0.1) is 12.8 Å². The number of thioether (sulfide) groups is 1. The van der Waals surface area contributed by atoms with Crippen molar-refractivity contribution in [2.75, 3.05) is 25.4 Å². The quantitative estimate of drug-likeness (QED) is 0.361. The van der Waals surface area contributed by atoms with Crippen LogP contribution in [0.4, 0.5) is 0 Å². The Morgan fingerprint density at radius 2 is 2.07 bits per heavy atom. The first-order chi connectivity index (χ1) is 14.1. The van der Waals surface area contributed by atoms with Gasteiger partial charge in [0, 0.05) is 35.8 Å². The first-order valence-corrected chi connectivity index (χ1v) is 11.9. The molecule has 1 aromatic carbocycles. The predicted octanol–water partition coefficient (Wildman–Crippen LogP) is 4.90. The van der Waals surface area contributed by atoms with Crippen molar-refractivity contribution in [3.8, 4) is 11.6 Å². The second kappa shape index (κ2) is 7.60. The van der Waals surface area contributed by atoms with Crippen molar-refractivity contribution in [2.24, 2.45) is 13.0 Å². The van der Waals surface area contributed by atoms with Crippen molar-refractivity contribution in [1.29, 1.82) is 0 Å². The van der Waals surface area contributed by atoms with Crippen LogP contribution in [0.25, 0.3) is 11.6 Å². The van der Waals surface area contributed by atoms with E-state index in [4.69, 9.17) is 4.42 Å². The topological polar surface area (TPSA) is 47.1 Å². The maximum absolute atomic E-state index is 5.56. The monoisotopic (exact) mass is 472 g/mol. The van der Waals surface area contributed by atoms with E-state index in [1.165, 1.54) is 25.1 Å². The molecule has 3 heterocycles. The molecule has 5 rings (SSSR count). The van der Waals surface area contributed by atoms with Crippen LogP contribution in [-0.2, 0) is 12.5 Å². The summed E-state index contributed by atoms with van der Waals surface area (Å²) in [7, 11) is 2.01. The average molecular weight is 473 g/mol. The van der Waals surface area contributed by atoms with Crippen LogP contribution in [0.5, 0.6) is 0 Å². The lowest BCUT2D eigenvalue weighted by atomic mass is 9.95. The Balaban J connectivity index is 1.13. The molecule has 0 bridgehead atoms. The van der Waals surface area contributed by atoms with Gasteiger partial charge in [0.2, 0.25) is 0 Å². The molecule has 2 atom stereocenters. The number of benzene rings is 1. The Morgan fingerprint density at radius 3 is 2.83 bits per heavy atom. The van der Waals surface area contributed by atoms with Gasteiger partial charge >= 0.3 is 0 Å². The number of furan rings is 1. The molecule has 0 spiro atoms. The van der Waals surface area contributed by atoms with Crippen LogP contribution < -0.4 is 0 Å². The molecule has 1 saturated heterocycles. The third-order valence-electron chi connectivity index (χ3n) is 6.39. The number of nitrogens with zero attached hydrogens (tertiary/aromatic N) is 4. The summed E-state index contributed by atoms with van der Waals surface area (Å²) in [6.45, 7) is 5.63.